The Kier molecular flexibility index (Phi) is 4.86. The van der Waals surface area contributed by atoms with Gasteiger partial charge in [0.1, 0.15) is 0 Å². The van der Waals surface area contributed by atoms with Gasteiger partial charge in [0.2, 0.25) is 0 Å². The van der Waals surface area contributed by atoms with Crippen molar-refractivity contribution in [2.75, 3.05) is 18.0 Å². The average Bonchev–Trinajstić information content (AvgIpc) is 2.36. The predicted octanol–water partition coefficient (Wildman–Crippen LogP) is 3.58. The number of nitrogens with one attached hydrogen (secondary N) is 1. The number of benzene rings is 1. The van der Waals surface area contributed by atoms with Crippen LogP contribution in [0.2, 0.25) is 5.02 Å². The van der Waals surface area contributed by atoms with Gasteiger partial charge in [-0.25, -0.2) is 0 Å². The molecular formula is C17H27ClN2O. The Morgan fingerprint density at radius 3 is 2.48 bits per heavy atom. The van der Waals surface area contributed by atoms with Gasteiger partial charge in [0.05, 0.1) is 16.3 Å². The first-order valence-electron chi connectivity index (χ1n) is 7.68. The van der Waals surface area contributed by atoms with Crippen LogP contribution in [-0.4, -0.2) is 29.3 Å². The van der Waals surface area contributed by atoms with Gasteiger partial charge in [-0.05, 0) is 52.2 Å². The molecule has 0 atom stereocenters. The van der Waals surface area contributed by atoms with Gasteiger partial charge in [0, 0.05) is 25.2 Å². The molecule has 0 aliphatic carbocycles. The standard InChI is InChI=1S/C17H27ClN2O/c1-16(2,3)19-12-13-6-5-7-14(18)15(13)20-10-8-17(4,21)9-11-20/h5-7,19,21H,8-12H2,1-4H3. The van der Waals surface area contributed by atoms with Crippen molar-refractivity contribution >= 4 is 17.3 Å². The summed E-state index contributed by atoms with van der Waals surface area (Å²) >= 11 is 6.45. The quantitative estimate of drug-likeness (QED) is 0.896. The van der Waals surface area contributed by atoms with Crippen LogP contribution in [0.5, 0.6) is 0 Å². The summed E-state index contributed by atoms with van der Waals surface area (Å²) in [6.45, 7) is 10.9. The number of hydrogen-bond acceptors (Lipinski definition) is 3. The molecule has 21 heavy (non-hydrogen) atoms. The van der Waals surface area contributed by atoms with Crippen LogP contribution in [0.15, 0.2) is 18.2 Å². The number of anilines is 1. The molecule has 1 saturated heterocycles. The van der Waals surface area contributed by atoms with E-state index in [2.05, 4.69) is 37.1 Å². The van der Waals surface area contributed by atoms with Crippen LogP contribution in [0.25, 0.3) is 0 Å². The van der Waals surface area contributed by atoms with Gasteiger partial charge < -0.3 is 15.3 Å². The van der Waals surface area contributed by atoms with Crippen molar-refractivity contribution in [2.24, 2.45) is 0 Å². The van der Waals surface area contributed by atoms with E-state index in [0.717, 1.165) is 43.2 Å². The lowest BCUT2D eigenvalue weighted by Gasteiger charge is -2.38. The first-order valence-corrected chi connectivity index (χ1v) is 8.05. The lowest BCUT2D eigenvalue weighted by molar-refractivity contribution is 0.0351. The summed E-state index contributed by atoms with van der Waals surface area (Å²) in [4.78, 5) is 2.31. The molecule has 3 nitrogen and oxygen atoms in total. The third-order valence-corrected chi connectivity index (χ3v) is 4.34. The molecule has 4 heteroatoms. The zero-order valence-electron chi connectivity index (χ0n) is 13.5. The molecule has 0 radical (unpaired) electrons. The van der Waals surface area contributed by atoms with Crippen LogP contribution in [0.4, 0.5) is 5.69 Å². The summed E-state index contributed by atoms with van der Waals surface area (Å²) in [7, 11) is 0. The normalized spacial score (nSPS) is 18.9. The minimum atomic E-state index is -0.540. The molecule has 1 heterocycles. The monoisotopic (exact) mass is 310 g/mol. The third-order valence-electron chi connectivity index (χ3n) is 4.04. The van der Waals surface area contributed by atoms with Crippen molar-refractivity contribution < 1.29 is 5.11 Å². The van der Waals surface area contributed by atoms with E-state index in [1.165, 1.54) is 5.56 Å². The van der Waals surface area contributed by atoms with Crippen LogP contribution < -0.4 is 10.2 Å². The number of para-hydroxylation sites is 1. The molecule has 2 rings (SSSR count). The van der Waals surface area contributed by atoms with E-state index in [4.69, 9.17) is 11.6 Å². The SMILES string of the molecule is CC1(O)CCN(c2c(Cl)cccc2CNC(C)(C)C)CC1. The number of piperidine rings is 1. The van der Waals surface area contributed by atoms with Gasteiger partial charge in [-0.2, -0.15) is 0 Å². The Morgan fingerprint density at radius 2 is 1.90 bits per heavy atom. The van der Waals surface area contributed by atoms with E-state index in [1.807, 2.05) is 19.1 Å². The van der Waals surface area contributed by atoms with E-state index in [0.29, 0.717) is 0 Å². The minimum Gasteiger partial charge on any atom is -0.390 e. The number of halogens is 1. The number of aliphatic hydroxyl groups is 1. The second kappa shape index (κ2) is 6.15. The average molecular weight is 311 g/mol. The first-order chi connectivity index (χ1) is 9.68. The van der Waals surface area contributed by atoms with Crippen LogP contribution in [0, 0.1) is 0 Å². The Labute approximate surface area is 133 Å². The maximum absolute atomic E-state index is 10.1. The van der Waals surface area contributed by atoms with Crippen molar-refractivity contribution in [3.8, 4) is 0 Å². The second-order valence-electron chi connectivity index (χ2n) is 7.34. The molecule has 0 amide bonds. The number of nitrogens with zero attached hydrogens (tertiary/aromatic N) is 1. The molecule has 2 N–H and O–H groups in total. The summed E-state index contributed by atoms with van der Waals surface area (Å²) < 4.78 is 0. The van der Waals surface area contributed by atoms with Crippen molar-refractivity contribution in [2.45, 2.75) is 58.2 Å². The van der Waals surface area contributed by atoms with Gasteiger partial charge in [-0.1, -0.05) is 23.7 Å². The molecule has 0 bridgehead atoms. The lowest BCUT2D eigenvalue weighted by atomic mass is 9.93. The van der Waals surface area contributed by atoms with Gasteiger partial charge in [0.25, 0.3) is 0 Å². The highest BCUT2D eigenvalue weighted by Crippen LogP contribution is 2.34. The minimum absolute atomic E-state index is 0.0746. The van der Waals surface area contributed by atoms with Gasteiger partial charge >= 0.3 is 0 Å². The van der Waals surface area contributed by atoms with Crippen LogP contribution in [0.3, 0.4) is 0 Å². The third kappa shape index (κ3) is 4.60. The molecule has 1 aliphatic rings. The number of rotatable bonds is 3. The van der Waals surface area contributed by atoms with Crippen molar-refractivity contribution in [1.29, 1.82) is 0 Å². The maximum atomic E-state index is 10.1. The van der Waals surface area contributed by atoms with Crippen LogP contribution >= 0.6 is 11.6 Å². The van der Waals surface area contributed by atoms with E-state index < -0.39 is 5.60 Å². The van der Waals surface area contributed by atoms with E-state index in [-0.39, 0.29) is 5.54 Å². The van der Waals surface area contributed by atoms with Crippen molar-refractivity contribution in [3.63, 3.8) is 0 Å². The molecule has 0 unspecified atom stereocenters. The van der Waals surface area contributed by atoms with Crippen molar-refractivity contribution in [1.82, 2.24) is 5.32 Å². The highest BCUT2D eigenvalue weighted by atomic mass is 35.5. The predicted molar refractivity (Wildman–Crippen MR) is 90.1 cm³/mol. The Hall–Kier alpha value is -0.770. The van der Waals surface area contributed by atoms with Crippen molar-refractivity contribution in [3.05, 3.63) is 28.8 Å². The molecule has 1 aliphatic heterocycles. The zero-order chi connectivity index (χ0) is 15.7. The smallest absolute Gasteiger partial charge is 0.0653 e. The fraction of sp³-hybridized carbons (Fsp3) is 0.647. The molecular weight excluding hydrogens is 284 g/mol. The summed E-state index contributed by atoms with van der Waals surface area (Å²) in [5.41, 5.74) is 1.87. The van der Waals surface area contributed by atoms with E-state index in [1.54, 1.807) is 0 Å². The molecule has 1 aromatic carbocycles. The molecule has 0 aromatic heterocycles. The van der Waals surface area contributed by atoms with Gasteiger partial charge in [-0.3, -0.25) is 0 Å². The highest BCUT2D eigenvalue weighted by Gasteiger charge is 2.29. The molecule has 0 spiro atoms. The van der Waals surface area contributed by atoms with Gasteiger partial charge in [-0.15, -0.1) is 0 Å². The van der Waals surface area contributed by atoms with Crippen LogP contribution in [0.1, 0.15) is 46.1 Å². The molecule has 1 aromatic rings. The summed E-state index contributed by atoms with van der Waals surface area (Å²) in [6.07, 6.45) is 1.56. The molecule has 1 fully saturated rings. The van der Waals surface area contributed by atoms with Gasteiger partial charge in [0.15, 0.2) is 0 Å². The van der Waals surface area contributed by atoms with E-state index in [9.17, 15) is 5.11 Å². The summed E-state index contributed by atoms with van der Waals surface area (Å²) in [5.74, 6) is 0. The van der Waals surface area contributed by atoms with Crippen LogP contribution in [-0.2, 0) is 6.54 Å². The highest BCUT2D eigenvalue weighted by molar-refractivity contribution is 6.33. The lowest BCUT2D eigenvalue weighted by Crippen LogP contribution is -2.43. The fourth-order valence-electron chi connectivity index (χ4n) is 2.63. The molecule has 0 saturated carbocycles. The fourth-order valence-corrected chi connectivity index (χ4v) is 2.94. The summed E-state index contributed by atoms with van der Waals surface area (Å²) in [6, 6.07) is 6.09. The largest absolute Gasteiger partial charge is 0.390 e. The number of hydrogen-bond donors (Lipinski definition) is 2. The summed E-state index contributed by atoms with van der Waals surface area (Å²) in [5, 5.41) is 14.4. The maximum Gasteiger partial charge on any atom is 0.0653 e. The molecule has 118 valence electrons. The second-order valence-corrected chi connectivity index (χ2v) is 7.74. The topological polar surface area (TPSA) is 35.5 Å². The Bertz CT molecular complexity index is 484. The zero-order valence-corrected chi connectivity index (χ0v) is 14.3. The Morgan fingerprint density at radius 1 is 1.29 bits per heavy atom. The Balaban J connectivity index is 2.18. The van der Waals surface area contributed by atoms with E-state index >= 15 is 0 Å². The first kappa shape index (κ1) is 16.6.